The first-order chi connectivity index (χ1) is 13.5. The molecule has 0 unspecified atom stereocenters. The predicted octanol–water partition coefficient (Wildman–Crippen LogP) is 4.54. The van der Waals surface area contributed by atoms with E-state index in [4.69, 9.17) is 0 Å². The molecule has 1 saturated carbocycles. The molecular weight excluding hydrogens is 396 g/mol. The van der Waals surface area contributed by atoms with Gasteiger partial charge in [0.05, 0.1) is 0 Å². The van der Waals surface area contributed by atoms with Crippen molar-refractivity contribution < 1.29 is 64.6 Å². The summed E-state index contributed by atoms with van der Waals surface area (Å²) in [5, 5.41) is 0. The largest absolute Gasteiger partial charge is 1.00 e. The molecule has 4 rings (SSSR count). The molecule has 4 heteroatoms. The van der Waals surface area contributed by atoms with Crippen LogP contribution in [0.5, 0.6) is 0 Å². The summed E-state index contributed by atoms with van der Waals surface area (Å²) in [6.07, 6.45) is 5.01. The summed E-state index contributed by atoms with van der Waals surface area (Å²) < 4.78 is 41.4. The molecule has 29 heavy (non-hydrogen) atoms. The third-order valence-electron chi connectivity index (χ3n) is 5.81. The van der Waals surface area contributed by atoms with Crippen LogP contribution in [0.2, 0.25) is 0 Å². The van der Waals surface area contributed by atoms with E-state index >= 15 is 0 Å². The molecule has 0 nitrogen and oxygen atoms in total. The predicted molar refractivity (Wildman–Crippen MR) is 106 cm³/mol. The Kier molecular flexibility index (Phi) is 7.79. The van der Waals surface area contributed by atoms with Crippen molar-refractivity contribution in [1.29, 1.82) is 0 Å². The van der Waals surface area contributed by atoms with Crippen LogP contribution in [0.3, 0.4) is 0 Å². The van der Waals surface area contributed by atoms with E-state index in [2.05, 4.69) is 19.1 Å². The number of benzene rings is 3. The van der Waals surface area contributed by atoms with Gasteiger partial charge in [-0.25, -0.2) is 13.2 Å². The average molecular weight is 419 g/mol. The van der Waals surface area contributed by atoms with Crippen molar-refractivity contribution in [1.82, 2.24) is 0 Å². The maximum Gasteiger partial charge on any atom is 1.00 e. The molecule has 0 amide bonds. The van der Waals surface area contributed by atoms with Crippen molar-refractivity contribution in [3.63, 3.8) is 0 Å². The Morgan fingerprint density at radius 3 is 1.90 bits per heavy atom. The van der Waals surface area contributed by atoms with Gasteiger partial charge in [0.15, 0.2) is 0 Å². The van der Waals surface area contributed by atoms with Gasteiger partial charge in [-0.2, -0.15) is 0 Å². The molecule has 0 radical (unpaired) electrons. The summed E-state index contributed by atoms with van der Waals surface area (Å²) in [6, 6.07) is 17.2. The SMILES string of the molecule is CC1CCC(c2ccc(-c3ccc(-c4cc(F)[c-]c(F)c4)c(F)c3)cc2)CC1.[K+]. The van der Waals surface area contributed by atoms with Gasteiger partial charge >= 0.3 is 51.4 Å². The number of hydrogen-bond donors (Lipinski definition) is 0. The van der Waals surface area contributed by atoms with Crippen LogP contribution in [-0.2, 0) is 0 Å². The third kappa shape index (κ3) is 5.42. The van der Waals surface area contributed by atoms with Crippen LogP contribution < -0.4 is 51.4 Å². The van der Waals surface area contributed by atoms with E-state index < -0.39 is 17.5 Å². The van der Waals surface area contributed by atoms with Crippen molar-refractivity contribution in [2.75, 3.05) is 0 Å². The van der Waals surface area contributed by atoms with Crippen LogP contribution >= 0.6 is 0 Å². The topological polar surface area (TPSA) is 0 Å². The van der Waals surface area contributed by atoms with Crippen molar-refractivity contribution in [2.24, 2.45) is 5.92 Å². The Bertz CT molecular complexity index is 954. The van der Waals surface area contributed by atoms with Gasteiger partial charge in [-0.15, -0.1) is 23.8 Å². The molecule has 0 spiro atoms. The average Bonchev–Trinajstić information content (AvgIpc) is 2.68. The minimum Gasteiger partial charge on any atom is -0.236 e. The standard InChI is InChI=1S/C25H22F3.K/c1-16-2-4-17(5-3-16)18-6-8-19(9-7-18)20-10-11-24(25(28)14-20)21-12-22(26)15-23(27)13-21;/h6-14,16-17H,2-5H2,1H3;/q-1;+1. The molecule has 0 atom stereocenters. The quantitative estimate of drug-likeness (QED) is 0.433. The summed E-state index contributed by atoms with van der Waals surface area (Å²) in [7, 11) is 0. The second kappa shape index (κ2) is 9.93. The van der Waals surface area contributed by atoms with Crippen LogP contribution in [0.25, 0.3) is 22.3 Å². The van der Waals surface area contributed by atoms with E-state index in [1.165, 1.54) is 37.3 Å². The van der Waals surface area contributed by atoms with Crippen LogP contribution in [0.15, 0.2) is 54.6 Å². The van der Waals surface area contributed by atoms with E-state index in [1.807, 2.05) is 18.2 Å². The second-order valence-corrected chi connectivity index (χ2v) is 7.84. The Hall–Kier alpha value is -0.914. The van der Waals surface area contributed by atoms with E-state index in [-0.39, 0.29) is 62.5 Å². The van der Waals surface area contributed by atoms with Crippen molar-refractivity contribution in [2.45, 2.75) is 38.5 Å². The molecule has 144 valence electrons. The molecule has 0 heterocycles. The molecule has 3 aromatic carbocycles. The monoisotopic (exact) mass is 418 g/mol. The number of rotatable bonds is 3. The zero-order valence-electron chi connectivity index (χ0n) is 16.8. The van der Waals surface area contributed by atoms with Gasteiger partial charge in [0.25, 0.3) is 0 Å². The maximum atomic E-state index is 14.6. The zero-order chi connectivity index (χ0) is 19.7. The fourth-order valence-corrected chi connectivity index (χ4v) is 4.13. The molecule has 1 aliphatic carbocycles. The van der Waals surface area contributed by atoms with Gasteiger partial charge in [0.2, 0.25) is 0 Å². The third-order valence-corrected chi connectivity index (χ3v) is 5.81. The Balaban J connectivity index is 0.00000240. The minimum atomic E-state index is -0.842. The van der Waals surface area contributed by atoms with Crippen LogP contribution in [0, 0.1) is 29.4 Å². The molecule has 0 aromatic heterocycles. The van der Waals surface area contributed by atoms with Gasteiger partial charge in [-0.1, -0.05) is 56.2 Å². The normalized spacial score (nSPS) is 18.9. The van der Waals surface area contributed by atoms with Crippen molar-refractivity contribution >= 4 is 0 Å². The van der Waals surface area contributed by atoms with Crippen LogP contribution in [0.4, 0.5) is 13.2 Å². The number of hydrogen-bond acceptors (Lipinski definition) is 0. The molecular formula is C25H22F3K. The molecule has 1 aliphatic rings. The first-order valence-electron chi connectivity index (χ1n) is 9.78. The Morgan fingerprint density at radius 2 is 1.31 bits per heavy atom. The van der Waals surface area contributed by atoms with Crippen LogP contribution in [0.1, 0.15) is 44.1 Å². The van der Waals surface area contributed by atoms with Crippen molar-refractivity contribution in [3.05, 3.63) is 83.7 Å². The summed E-state index contributed by atoms with van der Waals surface area (Å²) in [4.78, 5) is 0. The van der Waals surface area contributed by atoms with Gasteiger partial charge in [0, 0.05) is 11.6 Å². The van der Waals surface area contributed by atoms with E-state index in [0.29, 0.717) is 5.92 Å². The van der Waals surface area contributed by atoms with Crippen molar-refractivity contribution in [3.8, 4) is 22.3 Å². The summed E-state index contributed by atoms with van der Waals surface area (Å²) in [6.45, 7) is 2.31. The van der Waals surface area contributed by atoms with Gasteiger partial charge in [-0.05, 0) is 53.0 Å². The smallest absolute Gasteiger partial charge is 0.236 e. The zero-order valence-corrected chi connectivity index (χ0v) is 19.9. The minimum absolute atomic E-state index is 0. The van der Waals surface area contributed by atoms with E-state index in [9.17, 15) is 13.2 Å². The molecule has 3 aromatic rings. The van der Waals surface area contributed by atoms with Gasteiger partial charge < -0.3 is 0 Å². The van der Waals surface area contributed by atoms with Gasteiger partial charge in [-0.3, -0.25) is 0 Å². The Labute approximate surface area is 213 Å². The molecule has 0 saturated heterocycles. The fraction of sp³-hybridized carbons (Fsp3) is 0.280. The summed E-state index contributed by atoms with van der Waals surface area (Å²) in [5.41, 5.74) is 3.35. The summed E-state index contributed by atoms with van der Waals surface area (Å²) >= 11 is 0. The second-order valence-electron chi connectivity index (χ2n) is 7.84. The summed E-state index contributed by atoms with van der Waals surface area (Å²) in [5.74, 6) is -0.754. The number of halogens is 3. The van der Waals surface area contributed by atoms with Gasteiger partial charge in [0.1, 0.15) is 5.82 Å². The first-order valence-corrected chi connectivity index (χ1v) is 9.78. The molecule has 0 aliphatic heterocycles. The van der Waals surface area contributed by atoms with E-state index in [1.54, 1.807) is 12.1 Å². The molecule has 1 fully saturated rings. The molecule has 0 N–H and O–H groups in total. The fourth-order valence-electron chi connectivity index (χ4n) is 4.13. The maximum absolute atomic E-state index is 14.6. The van der Waals surface area contributed by atoms with E-state index in [0.717, 1.165) is 29.2 Å². The Morgan fingerprint density at radius 1 is 0.724 bits per heavy atom. The van der Waals surface area contributed by atoms with Crippen LogP contribution in [-0.4, -0.2) is 0 Å². The molecule has 0 bridgehead atoms. The first kappa shape index (κ1) is 22.8.